The average molecular weight is 210 g/mol. The molecule has 0 aliphatic rings. The Morgan fingerprint density at radius 1 is 0.688 bits per heavy atom. The molecule has 0 bridgehead atoms. The highest BCUT2D eigenvalue weighted by atomic mass is 15.1. The zero-order valence-corrected chi connectivity index (χ0v) is 9.51. The van der Waals surface area contributed by atoms with Gasteiger partial charge in [0.05, 0.1) is 11.4 Å². The normalized spacial score (nSPS) is 10.9. The van der Waals surface area contributed by atoms with Crippen molar-refractivity contribution in [3.05, 3.63) is 59.7 Å². The van der Waals surface area contributed by atoms with Crippen LogP contribution in [0, 0.1) is 13.8 Å². The molecule has 0 N–H and O–H groups in total. The van der Waals surface area contributed by atoms with Gasteiger partial charge in [-0.2, -0.15) is 10.2 Å². The fourth-order valence-electron chi connectivity index (χ4n) is 1.50. The second kappa shape index (κ2) is 4.71. The quantitative estimate of drug-likeness (QED) is 0.641. The predicted octanol–water partition coefficient (Wildman–Crippen LogP) is 4.72. The summed E-state index contributed by atoms with van der Waals surface area (Å²) in [4.78, 5) is 0. The van der Waals surface area contributed by atoms with Crippen LogP contribution in [0.25, 0.3) is 0 Å². The van der Waals surface area contributed by atoms with Crippen LogP contribution in [0.15, 0.2) is 58.8 Å². The molecule has 0 aliphatic carbocycles. The number of aryl methyl sites for hydroxylation is 2. The van der Waals surface area contributed by atoms with Crippen molar-refractivity contribution in [2.75, 3.05) is 0 Å². The Labute approximate surface area is 95.7 Å². The molecule has 80 valence electrons. The third-order valence-electron chi connectivity index (χ3n) is 2.28. The minimum Gasteiger partial charge on any atom is -0.151 e. The molecular formula is C14H14N2. The van der Waals surface area contributed by atoms with Crippen LogP contribution in [-0.2, 0) is 0 Å². The third-order valence-corrected chi connectivity index (χ3v) is 2.28. The summed E-state index contributed by atoms with van der Waals surface area (Å²) in [5.74, 6) is 0. The van der Waals surface area contributed by atoms with E-state index in [9.17, 15) is 0 Å². The van der Waals surface area contributed by atoms with Gasteiger partial charge in [-0.05, 0) is 49.2 Å². The average Bonchev–Trinajstić information content (AvgIpc) is 2.27. The molecule has 0 spiro atoms. The number of rotatable bonds is 2. The van der Waals surface area contributed by atoms with Gasteiger partial charge in [-0.1, -0.05) is 24.3 Å². The highest BCUT2D eigenvalue weighted by Crippen LogP contribution is 2.19. The van der Waals surface area contributed by atoms with E-state index in [2.05, 4.69) is 10.2 Å². The van der Waals surface area contributed by atoms with Gasteiger partial charge in [0, 0.05) is 0 Å². The zero-order valence-electron chi connectivity index (χ0n) is 9.51. The molecule has 0 aromatic heterocycles. The molecular weight excluding hydrogens is 196 g/mol. The Morgan fingerprint density at radius 2 is 1.12 bits per heavy atom. The van der Waals surface area contributed by atoms with Crippen LogP contribution in [0.2, 0.25) is 0 Å². The molecule has 2 rings (SSSR count). The van der Waals surface area contributed by atoms with E-state index in [0.29, 0.717) is 0 Å². The van der Waals surface area contributed by atoms with Crippen molar-refractivity contribution in [3.8, 4) is 0 Å². The lowest BCUT2D eigenvalue weighted by Crippen LogP contribution is -1.70. The molecule has 0 saturated heterocycles. The minimum absolute atomic E-state index is 0.890. The van der Waals surface area contributed by atoms with Gasteiger partial charge in [-0.3, -0.25) is 0 Å². The molecule has 0 unspecified atom stereocenters. The molecule has 16 heavy (non-hydrogen) atoms. The van der Waals surface area contributed by atoms with E-state index < -0.39 is 0 Å². The Morgan fingerprint density at radius 3 is 1.50 bits per heavy atom. The lowest BCUT2D eigenvalue weighted by atomic mass is 10.2. The van der Waals surface area contributed by atoms with E-state index in [1.165, 1.54) is 11.1 Å². The standard InChI is InChI=1S/C14H14N2/c1-11-5-3-7-13(9-11)15-16-14-8-4-6-12(2)10-14/h3-10H,1-2H3/b16-15+. The predicted molar refractivity (Wildman–Crippen MR) is 66.5 cm³/mol. The highest BCUT2D eigenvalue weighted by Gasteiger charge is 1.91. The van der Waals surface area contributed by atoms with Crippen LogP contribution < -0.4 is 0 Å². The third kappa shape index (κ3) is 2.76. The first-order valence-corrected chi connectivity index (χ1v) is 5.29. The summed E-state index contributed by atoms with van der Waals surface area (Å²) in [6.07, 6.45) is 0. The summed E-state index contributed by atoms with van der Waals surface area (Å²) in [6.45, 7) is 4.09. The smallest absolute Gasteiger partial charge is 0.0859 e. The van der Waals surface area contributed by atoms with Crippen molar-refractivity contribution in [3.63, 3.8) is 0 Å². The van der Waals surface area contributed by atoms with Gasteiger partial charge in [0.2, 0.25) is 0 Å². The van der Waals surface area contributed by atoms with Gasteiger partial charge < -0.3 is 0 Å². The number of benzene rings is 2. The van der Waals surface area contributed by atoms with E-state index in [4.69, 9.17) is 0 Å². The summed E-state index contributed by atoms with van der Waals surface area (Å²) < 4.78 is 0. The Bertz CT molecular complexity index is 468. The van der Waals surface area contributed by atoms with E-state index in [1.807, 2.05) is 62.4 Å². The highest BCUT2D eigenvalue weighted by molar-refractivity contribution is 5.42. The van der Waals surface area contributed by atoms with Gasteiger partial charge in [-0.25, -0.2) is 0 Å². The molecule has 0 radical (unpaired) electrons. The zero-order chi connectivity index (χ0) is 11.4. The fraction of sp³-hybridized carbons (Fsp3) is 0.143. The number of hydrogen-bond acceptors (Lipinski definition) is 2. The Balaban J connectivity index is 2.21. The van der Waals surface area contributed by atoms with Gasteiger partial charge in [0.25, 0.3) is 0 Å². The van der Waals surface area contributed by atoms with Crippen molar-refractivity contribution in [1.29, 1.82) is 0 Å². The molecule has 0 fully saturated rings. The van der Waals surface area contributed by atoms with E-state index >= 15 is 0 Å². The molecule has 2 heteroatoms. The van der Waals surface area contributed by atoms with Gasteiger partial charge in [0.15, 0.2) is 0 Å². The van der Waals surface area contributed by atoms with Crippen LogP contribution >= 0.6 is 0 Å². The number of azo groups is 1. The summed E-state index contributed by atoms with van der Waals surface area (Å²) in [6, 6.07) is 16.0. The number of nitrogens with zero attached hydrogens (tertiary/aromatic N) is 2. The molecule has 0 atom stereocenters. The van der Waals surface area contributed by atoms with Crippen LogP contribution in [0.5, 0.6) is 0 Å². The first-order valence-electron chi connectivity index (χ1n) is 5.29. The molecule has 0 heterocycles. The van der Waals surface area contributed by atoms with Crippen molar-refractivity contribution in [2.45, 2.75) is 13.8 Å². The van der Waals surface area contributed by atoms with E-state index in [-0.39, 0.29) is 0 Å². The summed E-state index contributed by atoms with van der Waals surface area (Å²) >= 11 is 0. The maximum absolute atomic E-state index is 4.20. The monoisotopic (exact) mass is 210 g/mol. The first kappa shape index (κ1) is 10.6. The van der Waals surface area contributed by atoms with Gasteiger partial charge in [-0.15, -0.1) is 0 Å². The van der Waals surface area contributed by atoms with Crippen LogP contribution in [-0.4, -0.2) is 0 Å². The van der Waals surface area contributed by atoms with Crippen LogP contribution in [0.1, 0.15) is 11.1 Å². The molecule has 2 aromatic rings. The molecule has 2 aromatic carbocycles. The summed E-state index contributed by atoms with van der Waals surface area (Å²) in [5.41, 5.74) is 4.17. The fourth-order valence-corrected chi connectivity index (χ4v) is 1.50. The topological polar surface area (TPSA) is 24.7 Å². The molecule has 0 saturated carbocycles. The largest absolute Gasteiger partial charge is 0.151 e. The lowest BCUT2D eigenvalue weighted by molar-refractivity contribution is 1.22. The van der Waals surface area contributed by atoms with E-state index in [1.54, 1.807) is 0 Å². The second-order valence-electron chi connectivity index (χ2n) is 3.88. The molecule has 2 nitrogen and oxygen atoms in total. The summed E-state index contributed by atoms with van der Waals surface area (Å²) in [5, 5.41) is 8.41. The SMILES string of the molecule is Cc1cccc(/N=N/c2cccc(C)c2)c1. The van der Waals surface area contributed by atoms with Crippen LogP contribution in [0.3, 0.4) is 0 Å². The number of hydrogen-bond donors (Lipinski definition) is 0. The maximum atomic E-state index is 4.20. The maximum Gasteiger partial charge on any atom is 0.0859 e. The Kier molecular flexibility index (Phi) is 3.10. The minimum atomic E-state index is 0.890. The molecule has 0 aliphatic heterocycles. The first-order chi connectivity index (χ1) is 7.74. The molecule has 0 amide bonds. The second-order valence-corrected chi connectivity index (χ2v) is 3.88. The van der Waals surface area contributed by atoms with Crippen molar-refractivity contribution in [1.82, 2.24) is 0 Å². The lowest BCUT2D eigenvalue weighted by Gasteiger charge is -1.96. The van der Waals surface area contributed by atoms with Gasteiger partial charge >= 0.3 is 0 Å². The van der Waals surface area contributed by atoms with Crippen molar-refractivity contribution >= 4 is 11.4 Å². The Hall–Kier alpha value is -1.96. The van der Waals surface area contributed by atoms with Crippen molar-refractivity contribution in [2.24, 2.45) is 10.2 Å². The summed E-state index contributed by atoms with van der Waals surface area (Å²) in [7, 11) is 0. The van der Waals surface area contributed by atoms with E-state index in [0.717, 1.165) is 11.4 Å². The van der Waals surface area contributed by atoms with Crippen LogP contribution in [0.4, 0.5) is 11.4 Å². The van der Waals surface area contributed by atoms with Gasteiger partial charge in [0.1, 0.15) is 0 Å². The van der Waals surface area contributed by atoms with Crippen molar-refractivity contribution < 1.29 is 0 Å².